The third kappa shape index (κ3) is 5.54. The first kappa shape index (κ1) is 28.4. The zero-order valence-corrected chi connectivity index (χ0v) is 21.7. The highest BCUT2D eigenvalue weighted by Gasteiger charge is 2.22. The molecule has 16 heteroatoms. The molecule has 0 aliphatic carbocycles. The molecule has 0 saturated heterocycles. The third-order valence-electron chi connectivity index (χ3n) is 4.73. The second-order valence-electron chi connectivity index (χ2n) is 7.80. The Morgan fingerprint density at radius 1 is 0.800 bits per heavy atom. The molecule has 13 nitrogen and oxygen atoms in total. The molecule has 0 aliphatic heterocycles. The molecular formula is C19H28ClN9O4S2. The summed E-state index contributed by atoms with van der Waals surface area (Å²) in [5, 5.41) is 18.4. The Kier molecular flexibility index (Phi) is 7.83. The Morgan fingerprint density at radius 2 is 1.20 bits per heavy atom. The summed E-state index contributed by atoms with van der Waals surface area (Å²) in [6.07, 6.45) is 0. The van der Waals surface area contributed by atoms with Crippen molar-refractivity contribution in [1.29, 1.82) is 0 Å². The molecule has 4 aromatic heterocycles. The molecule has 35 heavy (non-hydrogen) atoms. The summed E-state index contributed by atoms with van der Waals surface area (Å²) in [6, 6.07) is 3.45. The van der Waals surface area contributed by atoms with Gasteiger partial charge in [-0.2, -0.15) is 14.1 Å². The van der Waals surface area contributed by atoms with E-state index in [0.29, 0.717) is 28.5 Å². The standard InChI is InChI=1S/C10H15N5O2S.C8H9ClN4O2S.CH4/c1-6-5-8(14(3)4)13-15-9(6)12-7(2)10(15)18(11,16)17;1-4-3-6(9)12-13-7(4)11-5(2)8(13)16(10,14)15;/h5H,1-4H3,(H2,11,16,17);3H,1-2H3,(H2,10,14,15);1H4. The predicted molar refractivity (Wildman–Crippen MR) is 134 cm³/mol. The van der Waals surface area contributed by atoms with Crippen LogP contribution in [0.4, 0.5) is 5.82 Å². The van der Waals surface area contributed by atoms with Crippen molar-refractivity contribution in [2.45, 2.75) is 45.2 Å². The summed E-state index contributed by atoms with van der Waals surface area (Å²) in [5.74, 6) is 0.641. The van der Waals surface area contributed by atoms with E-state index in [1.165, 1.54) is 4.52 Å². The largest absolute Gasteiger partial charge is 0.361 e. The first-order chi connectivity index (χ1) is 15.5. The number of rotatable bonds is 3. The summed E-state index contributed by atoms with van der Waals surface area (Å²) in [7, 11) is -4.07. The number of primary sulfonamides is 2. The van der Waals surface area contributed by atoms with Crippen LogP contribution in [0.25, 0.3) is 11.3 Å². The number of halogens is 1. The lowest BCUT2D eigenvalue weighted by atomic mass is 10.3. The molecule has 4 N–H and O–H groups in total. The fourth-order valence-electron chi connectivity index (χ4n) is 3.33. The third-order valence-corrected chi connectivity index (χ3v) is 6.93. The molecule has 0 aliphatic rings. The van der Waals surface area contributed by atoms with Crippen molar-refractivity contribution in [3.8, 4) is 0 Å². The van der Waals surface area contributed by atoms with Crippen LogP contribution in [-0.4, -0.2) is 60.1 Å². The van der Waals surface area contributed by atoms with Crippen molar-refractivity contribution >= 4 is 48.8 Å². The number of fused-ring (bicyclic) bond motifs is 2. The number of hydrogen-bond donors (Lipinski definition) is 2. The topological polar surface area (TPSA) is 184 Å². The summed E-state index contributed by atoms with van der Waals surface area (Å²) in [6.45, 7) is 6.77. The van der Waals surface area contributed by atoms with E-state index in [1.54, 1.807) is 31.7 Å². The van der Waals surface area contributed by atoms with E-state index >= 15 is 0 Å². The van der Waals surface area contributed by atoms with Crippen LogP contribution < -0.4 is 15.2 Å². The molecule has 0 atom stereocenters. The second kappa shape index (κ2) is 9.66. The zero-order chi connectivity index (χ0) is 25.7. The maximum atomic E-state index is 11.6. The van der Waals surface area contributed by atoms with E-state index in [4.69, 9.17) is 21.9 Å². The van der Waals surface area contributed by atoms with Gasteiger partial charge in [0.2, 0.25) is 0 Å². The molecular weight excluding hydrogens is 518 g/mol. The van der Waals surface area contributed by atoms with Gasteiger partial charge < -0.3 is 4.90 Å². The smallest absolute Gasteiger partial charge is 0.257 e. The van der Waals surface area contributed by atoms with Crippen LogP contribution in [0, 0.1) is 27.7 Å². The van der Waals surface area contributed by atoms with E-state index in [0.717, 1.165) is 15.6 Å². The van der Waals surface area contributed by atoms with Crippen molar-refractivity contribution in [3.63, 3.8) is 0 Å². The minimum Gasteiger partial charge on any atom is -0.361 e. The molecule has 0 aromatic carbocycles. The van der Waals surface area contributed by atoms with E-state index in [9.17, 15) is 16.8 Å². The molecule has 0 amide bonds. The van der Waals surface area contributed by atoms with Gasteiger partial charge in [0.15, 0.2) is 21.3 Å². The summed E-state index contributed by atoms with van der Waals surface area (Å²) >= 11 is 5.76. The highest BCUT2D eigenvalue weighted by Crippen LogP contribution is 2.21. The molecule has 0 saturated carbocycles. The molecule has 4 aromatic rings. The Hall–Kier alpha value is -2.85. The molecule has 4 heterocycles. The van der Waals surface area contributed by atoms with Crippen LogP contribution in [0.5, 0.6) is 0 Å². The molecule has 0 bridgehead atoms. The minimum absolute atomic E-state index is 0. The number of anilines is 1. The Morgan fingerprint density at radius 3 is 1.60 bits per heavy atom. The number of imidazole rings is 2. The second-order valence-corrected chi connectivity index (χ2v) is 11.1. The fourth-order valence-corrected chi connectivity index (χ4v) is 5.22. The van der Waals surface area contributed by atoms with E-state index in [2.05, 4.69) is 20.2 Å². The maximum absolute atomic E-state index is 11.6. The average Bonchev–Trinajstić information content (AvgIpc) is 3.18. The lowest BCUT2D eigenvalue weighted by Gasteiger charge is -2.12. The normalized spacial score (nSPS) is 11.8. The fraction of sp³-hybridized carbons (Fsp3) is 0.368. The number of sulfonamides is 2. The van der Waals surface area contributed by atoms with Crippen molar-refractivity contribution in [1.82, 2.24) is 29.2 Å². The van der Waals surface area contributed by atoms with Crippen LogP contribution >= 0.6 is 11.6 Å². The number of aromatic nitrogens is 6. The van der Waals surface area contributed by atoms with Gasteiger partial charge in [-0.25, -0.2) is 37.1 Å². The van der Waals surface area contributed by atoms with E-state index in [1.807, 2.05) is 27.1 Å². The predicted octanol–water partition coefficient (Wildman–Crippen LogP) is 1.34. The highest BCUT2D eigenvalue weighted by molar-refractivity contribution is 7.89. The number of aryl methyl sites for hydroxylation is 4. The first-order valence-electron chi connectivity index (χ1n) is 9.64. The molecule has 0 unspecified atom stereocenters. The SMILES string of the molecule is C.Cc1nc2c(C)cc(Cl)nn2c1S(N)(=O)=O.Cc1nc2c(C)cc(N(C)C)nn2c1S(N)(=O)=O. The van der Waals surface area contributed by atoms with E-state index in [-0.39, 0.29) is 22.6 Å². The molecule has 192 valence electrons. The van der Waals surface area contributed by atoms with Gasteiger partial charge in [-0.15, -0.1) is 5.10 Å². The van der Waals surface area contributed by atoms with Crippen LogP contribution in [-0.2, 0) is 20.0 Å². The van der Waals surface area contributed by atoms with Crippen molar-refractivity contribution < 1.29 is 16.8 Å². The lowest BCUT2D eigenvalue weighted by Crippen LogP contribution is -2.19. The summed E-state index contributed by atoms with van der Waals surface area (Å²) < 4.78 is 48.4. The number of nitrogens with two attached hydrogens (primary N) is 2. The van der Waals surface area contributed by atoms with Gasteiger partial charge in [-0.3, -0.25) is 0 Å². The summed E-state index contributed by atoms with van der Waals surface area (Å²) in [4.78, 5) is 10.1. The number of hydrogen-bond acceptors (Lipinski definition) is 9. The Labute approximate surface area is 208 Å². The monoisotopic (exact) mass is 545 g/mol. The first-order valence-corrected chi connectivity index (χ1v) is 13.1. The molecule has 0 spiro atoms. The van der Waals surface area contributed by atoms with E-state index < -0.39 is 20.0 Å². The maximum Gasteiger partial charge on any atom is 0.257 e. The van der Waals surface area contributed by atoms with Crippen molar-refractivity contribution in [2.75, 3.05) is 19.0 Å². The van der Waals surface area contributed by atoms with Gasteiger partial charge >= 0.3 is 0 Å². The average molecular weight is 546 g/mol. The van der Waals surface area contributed by atoms with Crippen molar-refractivity contribution in [3.05, 3.63) is 39.8 Å². The molecule has 0 fully saturated rings. The Bertz CT molecular complexity index is 1640. The summed E-state index contributed by atoms with van der Waals surface area (Å²) in [5.41, 5.74) is 3.17. The van der Waals surface area contributed by atoms with Gasteiger partial charge in [0.25, 0.3) is 20.0 Å². The molecule has 4 rings (SSSR count). The van der Waals surface area contributed by atoms with Gasteiger partial charge in [-0.1, -0.05) is 19.0 Å². The van der Waals surface area contributed by atoms with Crippen LogP contribution in [0.2, 0.25) is 5.15 Å². The van der Waals surface area contributed by atoms with Crippen LogP contribution in [0.15, 0.2) is 22.2 Å². The lowest BCUT2D eigenvalue weighted by molar-refractivity contribution is 0.587. The van der Waals surface area contributed by atoms with Crippen molar-refractivity contribution in [2.24, 2.45) is 10.3 Å². The van der Waals surface area contributed by atoms with Crippen LogP contribution in [0.3, 0.4) is 0 Å². The van der Waals surface area contributed by atoms with Gasteiger partial charge in [0.05, 0.1) is 11.4 Å². The van der Waals surface area contributed by atoms with Gasteiger partial charge in [0, 0.05) is 14.1 Å². The zero-order valence-electron chi connectivity index (χ0n) is 19.3. The Balaban J connectivity index is 0.000000241. The highest BCUT2D eigenvalue weighted by atomic mass is 35.5. The van der Waals surface area contributed by atoms with Crippen LogP contribution in [0.1, 0.15) is 29.9 Å². The minimum atomic E-state index is -3.87. The molecule has 0 radical (unpaired) electrons. The number of nitrogens with zero attached hydrogens (tertiary/aromatic N) is 7. The van der Waals surface area contributed by atoms with Gasteiger partial charge in [-0.05, 0) is 51.0 Å². The quantitative estimate of drug-likeness (QED) is 0.383. The van der Waals surface area contributed by atoms with Gasteiger partial charge in [0.1, 0.15) is 11.0 Å².